The smallest absolute Gasteiger partial charge is 0.305 e. The standard InChI is InChI=1S/C24H35NO5/c1-4-6-7-13-19-30-21-15-12-11-14-20(21)25-24(27)22(29-18-5-2)16-9-8-10-17-23(26)28-3/h4-5,11-12,14-15,22H,1-2,6-10,13,16-19H2,3H3,(H,25,27). The summed E-state index contributed by atoms with van der Waals surface area (Å²) in [5, 5.41) is 2.93. The fraction of sp³-hybridized carbons (Fsp3) is 0.500. The molecule has 166 valence electrons. The lowest BCUT2D eigenvalue weighted by atomic mass is 10.1. The zero-order chi connectivity index (χ0) is 22.0. The van der Waals surface area contributed by atoms with E-state index in [1.165, 1.54) is 7.11 Å². The fourth-order valence-electron chi connectivity index (χ4n) is 2.83. The third-order valence-electron chi connectivity index (χ3n) is 4.49. The van der Waals surface area contributed by atoms with Crippen molar-refractivity contribution in [2.75, 3.05) is 25.6 Å². The van der Waals surface area contributed by atoms with Crippen LogP contribution in [0.4, 0.5) is 5.69 Å². The maximum absolute atomic E-state index is 12.8. The Hall–Kier alpha value is -2.60. The second kappa shape index (κ2) is 16.2. The lowest BCUT2D eigenvalue weighted by molar-refractivity contribution is -0.140. The van der Waals surface area contributed by atoms with E-state index in [9.17, 15) is 9.59 Å². The lowest BCUT2D eigenvalue weighted by Crippen LogP contribution is -2.31. The first kappa shape index (κ1) is 25.4. The maximum Gasteiger partial charge on any atom is 0.305 e. The number of carbonyl (C=O) groups is 2. The number of unbranched alkanes of at least 4 members (excludes halogenated alkanes) is 4. The summed E-state index contributed by atoms with van der Waals surface area (Å²) in [6.07, 6.45) is 9.09. The van der Waals surface area contributed by atoms with Crippen LogP contribution in [-0.4, -0.2) is 38.3 Å². The lowest BCUT2D eigenvalue weighted by Gasteiger charge is -2.18. The molecule has 0 aliphatic rings. The summed E-state index contributed by atoms with van der Waals surface area (Å²) >= 11 is 0. The summed E-state index contributed by atoms with van der Waals surface area (Å²) in [5.74, 6) is 0.214. The SMILES string of the molecule is C=CCCCCOc1ccccc1NC(=O)C(CCCCCC(=O)OC)OCC=C. The zero-order valence-corrected chi connectivity index (χ0v) is 18.1. The molecule has 0 bridgehead atoms. The van der Waals surface area contributed by atoms with E-state index < -0.39 is 6.10 Å². The molecule has 1 N–H and O–H groups in total. The van der Waals surface area contributed by atoms with E-state index >= 15 is 0 Å². The van der Waals surface area contributed by atoms with Crippen LogP contribution in [0, 0.1) is 0 Å². The maximum atomic E-state index is 12.8. The Balaban J connectivity index is 2.57. The van der Waals surface area contributed by atoms with Crippen molar-refractivity contribution in [1.82, 2.24) is 0 Å². The summed E-state index contributed by atoms with van der Waals surface area (Å²) < 4.78 is 16.1. The van der Waals surface area contributed by atoms with Crippen molar-refractivity contribution in [3.8, 4) is 5.75 Å². The topological polar surface area (TPSA) is 73.9 Å². The Kier molecular flexibility index (Phi) is 13.8. The Morgan fingerprint density at radius 3 is 2.60 bits per heavy atom. The van der Waals surface area contributed by atoms with Gasteiger partial charge in [-0.1, -0.05) is 37.1 Å². The highest BCUT2D eigenvalue weighted by molar-refractivity contribution is 5.95. The number of nitrogens with one attached hydrogen (secondary N) is 1. The Bertz CT molecular complexity index is 659. The molecule has 0 spiro atoms. The minimum atomic E-state index is -0.596. The molecule has 6 heteroatoms. The largest absolute Gasteiger partial charge is 0.491 e. The number of rotatable bonds is 17. The minimum Gasteiger partial charge on any atom is -0.491 e. The van der Waals surface area contributed by atoms with Crippen LogP contribution in [0.25, 0.3) is 0 Å². The van der Waals surface area contributed by atoms with Gasteiger partial charge in [0.2, 0.25) is 0 Å². The molecule has 0 saturated carbocycles. The van der Waals surface area contributed by atoms with Gasteiger partial charge in [0, 0.05) is 6.42 Å². The van der Waals surface area contributed by atoms with Gasteiger partial charge in [-0.2, -0.15) is 0 Å². The molecule has 0 aromatic heterocycles. The van der Waals surface area contributed by atoms with E-state index in [0.29, 0.717) is 37.5 Å². The van der Waals surface area contributed by atoms with Gasteiger partial charge in [-0.3, -0.25) is 9.59 Å². The third-order valence-corrected chi connectivity index (χ3v) is 4.49. The average molecular weight is 418 g/mol. The summed E-state index contributed by atoms with van der Waals surface area (Å²) in [7, 11) is 1.38. The monoisotopic (exact) mass is 417 g/mol. The number of allylic oxidation sites excluding steroid dienone is 1. The number of carbonyl (C=O) groups excluding carboxylic acids is 2. The highest BCUT2D eigenvalue weighted by atomic mass is 16.5. The van der Waals surface area contributed by atoms with Gasteiger partial charge in [-0.05, 0) is 44.2 Å². The number of ether oxygens (including phenoxy) is 3. The van der Waals surface area contributed by atoms with Crippen LogP contribution < -0.4 is 10.1 Å². The number of esters is 1. The van der Waals surface area contributed by atoms with E-state index in [4.69, 9.17) is 9.47 Å². The van der Waals surface area contributed by atoms with E-state index in [1.54, 1.807) is 6.08 Å². The van der Waals surface area contributed by atoms with E-state index in [-0.39, 0.29) is 11.9 Å². The van der Waals surface area contributed by atoms with Crippen LogP contribution >= 0.6 is 0 Å². The van der Waals surface area contributed by atoms with E-state index in [0.717, 1.165) is 38.5 Å². The molecule has 0 aliphatic heterocycles. The van der Waals surface area contributed by atoms with E-state index in [2.05, 4.69) is 23.2 Å². The summed E-state index contributed by atoms with van der Waals surface area (Å²) in [4.78, 5) is 24.0. The zero-order valence-electron chi connectivity index (χ0n) is 18.1. The fourth-order valence-corrected chi connectivity index (χ4v) is 2.83. The van der Waals surface area contributed by atoms with Crippen LogP contribution in [0.5, 0.6) is 5.75 Å². The number of anilines is 1. The predicted octanol–water partition coefficient (Wildman–Crippen LogP) is 5.05. The van der Waals surface area contributed by atoms with Crippen LogP contribution in [-0.2, 0) is 19.1 Å². The molecule has 0 fully saturated rings. The molecule has 1 amide bonds. The Morgan fingerprint density at radius 2 is 1.87 bits per heavy atom. The molecular formula is C24H35NO5. The predicted molar refractivity (Wildman–Crippen MR) is 120 cm³/mol. The number of para-hydroxylation sites is 2. The molecule has 1 rings (SSSR count). The van der Waals surface area contributed by atoms with Crippen molar-refractivity contribution in [2.24, 2.45) is 0 Å². The third kappa shape index (κ3) is 10.8. The summed E-state index contributed by atoms with van der Waals surface area (Å²) in [5.41, 5.74) is 0.629. The van der Waals surface area contributed by atoms with Crippen LogP contribution in [0.2, 0.25) is 0 Å². The van der Waals surface area contributed by atoms with Crippen LogP contribution in [0.3, 0.4) is 0 Å². The molecule has 1 atom stereocenters. The van der Waals surface area contributed by atoms with Crippen LogP contribution in [0.1, 0.15) is 51.4 Å². The van der Waals surface area contributed by atoms with Crippen molar-refractivity contribution >= 4 is 17.6 Å². The van der Waals surface area contributed by atoms with Gasteiger partial charge in [-0.25, -0.2) is 0 Å². The van der Waals surface area contributed by atoms with Gasteiger partial charge in [0.05, 0.1) is 26.0 Å². The molecular weight excluding hydrogens is 382 g/mol. The van der Waals surface area contributed by atoms with Gasteiger partial charge >= 0.3 is 5.97 Å². The highest BCUT2D eigenvalue weighted by Gasteiger charge is 2.20. The van der Waals surface area contributed by atoms with Crippen molar-refractivity contribution in [3.63, 3.8) is 0 Å². The highest BCUT2D eigenvalue weighted by Crippen LogP contribution is 2.25. The number of benzene rings is 1. The molecule has 0 aliphatic carbocycles. The molecule has 1 unspecified atom stereocenters. The van der Waals surface area contributed by atoms with Gasteiger partial charge in [0.15, 0.2) is 0 Å². The first-order valence-corrected chi connectivity index (χ1v) is 10.5. The van der Waals surface area contributed by atoms with Crippen LogP contribution in [0.15, 0.2) is 49.6 Å². The molecule has 1 aromatic rings. The summed E-state index contributed by atoms with van der Waals surface area (Å²) in [6, 6.07) is 7.39. The molecule has 0 saturated heterocycles. The average Bonchev–Trinajstić information content (AvgIpc) is 2.76. The second-order valence-electron chi connectivity index (χ2n) is 6.90. The first-order valence-electron chi connectivity index (χ1n) is 10.5. The van der Waals surface area contributed by atoms with Gasteiger partial charge < -0.3 is 19.5 Å². The molecule has 30 heavy (non-hydrogen) atoms. The second-order valence-corrected chi connectivity index (χ2v) is 6.90. The van der Waals surface area contributed by atoms with Gasteiger partial charge in [0.25, 0.3) is 5.91 Å². The number of methoxy groups -OCH3 is 1. The van der Waals surface area contributed by atoms with Gasteiger partial charge in [-0.15, -0.1) is 13.2 Å². The summed E-state index contributed by atoms with van der Waals surface area (Å²) in [6.45, 7) is 8.24. The molecule has 0 heterocycles. The van der Waals surface area contributed by atoms with E-state index in [1.807, 2.05) is 30.3 Å². The minimum absolute atomic E-state index is 0.215. The van der Waals surface area contributed by atoms with Gasteiger partial charge in [0.1, 0.15) is 11.9 Å². The quantitative estimate of drug-likeness (QED) is 0.218. The Morgan fingerprint density at radius 1 is 1.07 bits per heavy atom. The number of amides is 1. The molecule has 6 nitrogen and oxygen atoms in total. The normalized spacial score (nSPS) is 11.4. The number of hydrogen-bond donors (Lipinski definition) is 1. The number of hydrogen-bond acceptors (Lipinski definition) is 5. The Labute approximate surface area is 180 Å². The molecule has 1 aromatic carbocycles. The van der Waals surface area contributed by atoms with Crippen molar-refractivity contribution in [3.05, 3.63) is 49.6 Å². The van der Waals surface area contributed by atoms with Crippen molar-refractivity contribution in [2.45, 2.75) is 57.5 Å². The van der Waals surface area contributed by atoms with Crippen molar-refractivity contribution < 1.29 is 23.8 Å². The molecule has 0 radical (unpaired) electrons. The first-order chi connectivity index (χ1) is 14.6. The van der Waals surface area contributed by atoms with Crippen molar-refractivity contribution in [1.29, 1.82) is 0 Å².